The van der Waals surface area contributed by atoms with E-state index in [0.29, 0.717) is 47.2 Å². The molecule has 3 rings (SSSR count). The van der Waals surface area contributed by atoms with E-state index >= 15 is 0 Å². The van der Waals surface area contributed by atoms with Crippen molar-refractivity contribution >= 4 is 40.9 Å². The summed E-state index contributed by atoms with van der Waals surface area (Å²) in [6.07, 6.45) is 7.81. The van der Waals surface area contributed by atoms with Crippen LogP contribution in [0.5, 0.6) is 5.75 Å². The fraction of sp³-hybridized carbons (Fsp3) is 0.476. The van der Waals surface area contributed by atoms with Crippen molar-refractivity contribution in [3.8, 4) is 5.75 Å². The lowest BCUT2D eigenvalue weighted by Crippen LogP contribution is -2.33. The van der Waals surface area contributed by atoms with Gasteiger partial charge in [0.1, 0.15) is 11.6 Å². The molecule has 0 unspecified atom stereocenters. The number of benzene rings is 1. The maximum atomic E-state index is 12.2. The molecule has 1 aliphatic carbocycles. The van der Waals surface area contributed by atoms with E-state index in [1.54, 1.807) is 24.3 Å². The molecule has 0 atom stereocenters. The zero-order chi connectivity index (χ0) is 21.3. The smallest absolute Gasteiger partial charge is 0.230 e. The molecule has 1 amide bonds. The highest BCUT2D eigenvalue weighted by Gasteiger charge is 2.18. The number of thioether (sulfide) groups is 1. The molecule has 0 aliphatic heterocycles. The number of amides is 1. The number of carbonyl (C=O) groups excluding carboxylic acids is 1. The van der Waals surface area contributed by atoms with Gasteiger partial charge in [-0.3, -0.25) is 4.79 Å². The van der Waals surface area contributed by atoms with E-state index in [1.165, 1.54) is 24.6 Å². The summed E-state index contributed by atoms with van der Waals surface area (Å²) in [5.41, 5.74) is 0. The highest BCUT2D eigenvalue weighted by Crippen LogP contribution is 2.27. The number of aromatic nitrogens is 3. The molecule has 1 aromatic carbocycles. The number of rotatable bonds is 11. The topological polar surface area (TPSA) is 69.0 Å². The monoisotopic (exact) mass is 468 g/mol. The summed E-state index contributed by atoms with van der Waals surface area (Å²) in [7, 11) is 0. The lowest BCUT2D eigenvalue weighted by atomic mass is 10.2. The molecule has 1 fully saturated rings. The molecule has 1 aromatic heterocycles. The highest BCUT2D eigenvalue weighted by atomic mass is 35.5. The maximum absolute atomic E-state index is 12.2. The van der Waals surface area contributed by atoms with Gasteiger partial charge in [-0.25, -0.2) is 0 Å². The maximum Gasteiger partial charge on any atom is 0.230 e. The van der Waals surface area contributed by atoms with Crippen LogP contribution in [0.3, 0.4) is 0 Å². The molecular formula is C21H26Cl2N4O2S. The number of hydrogen-bond donors (Lipinski definition) is 1. The van der Waals surface area contributed by atoms with Crippen LogP contribution in [0.25, 0.3) is 0 Å². The number of carbonyl (C=O) groups is 1. The van der Waals surface area contributed by atoms with Crippen LogP contribution in [-0.2, 0) is 17.8 Å². The molecule has 0 saturated heterocycles. The van der Waals surface area contributed by atoms with E-state index in [9.17, 15) is 4.79 Å². The minimum Gasteiger partial charge on any atom is -0.492 e. The fourth-order valence-electron chi connectivity index (χ4n) is 3.40. The van der Waals surface area contributed by atoms with E-state index in [4.69, 9.17) is 27.9 Å². The molecule has 1 heterocycles. The Morgan fingerprint density at radius 2 is 2.13 bits per heavy atom. The third-order valence-corrected chi connectivity index (χ3v) is 6.35. The number of halogens is 2. The van der Waals surface area contributed by atoms with Gasteiger partial charge < -0.3 is 14.6 Å². The van der Waals surface area contributed by atoms with Crippen LogP contribution >= 0.6 is 35.0 Å². The van der Waals surface area contributed by atoms with E-state index in [0.717, 1.165) is 30.2 Å². The van der Waals surface area contributed by atoms with E-state index in [2.05, 4.69) is 22.1 Å². The van der Waals surface area contributed by atoms with Gasteiger partial charge in [-0.05, 0) is 37.5 Å². The molecule has 6 nitrogen and oxygen atoms in total. The fourth-order valence-corrected chi connectivity index (χ4v) is 4.64. The summed E-state index contributed by atoms with van der Waals surface area (Å²) in [4.78, 5) is 12.2. The van der Waals surface area contributed by atoms with Gasteiger partial charge in [0, 0.05) is 24.0 Å². The van der Waals surface area contributed by atoms with Crippen LogP contribution in [0, 0.1) is 0 Å². The molecule has 9 heteroatoms. The molecule has 162 valence electrons. The number of nitrogens with zero attached hydrogens (tertiary/aromatic N) is 3. The summed E-state index contributed by atoms with van der Waals surface area (Å²) in [5.74, 6) is 1.84. The summed E-state index contributed by atoms with van der Waals surface area (Å²) < 4.78 is 7.73. The van der Waals surface area contributed by atoms with Gasteiger partial charge in [-0.2, -0.15) is 0 Å². The van der Waals surface area contributed by atoms with Gasteiger partial charge in [0.2, 0.25) is 5.91 Å². The Labute approximate surface area is 191 Å². The van der Waals surface area contributed by atoms with Crippen molar-refractivity contribution in [3.63, 3.8) is 0 Å². The van der Waals surface area contributed by atoms with Gasteiger partial charge in [0.05, 0.1) is 17.4 Å². The predicted octanol–water partition coefficient (Wildman–Crippen LogP) is 4.93. The molecule has 0 bridgehead atoms. The third kappa shape index (κ3) is 6.65. The first-order chi connectivity index (χ1) is 14.6. The molecular weight excluding hydrogens is 443 g/mol. The molecule has 2 aromatic rings. The Morgan fingerprint density at radius 3 is 2.87 bits per heavy atom. The Balaban J connectivity index is 1.49. The Kier molecular flexibility index (Phi) is 8.90. The number of nitrogens with one attached hydrogen (secondary N) is 1. The van der Waals surface area contributed by atoms with Gasteiger partial charge in [0.25, 0.3) is 0 Å². The van der Waals surface area contributed by atoms with Crippen LogP contribution in [0.2, 0.25) is 10.0 Å². The molecule has 0 spiro atoms. The third-order valence-electron chi connectivity index (χ3n) is 4.85. The van der Waals surface area contributed by atoms with Crippen molar-refractivity contribution in [2.75, 3.05) is 12.4 Å². The normalized spacial score (nSPS) is 14.1. The second-order valence-electron chi connectivity index (χ2n) is 7.16. The Bertz CT molecular complexity index is 869. The van der Waals surface area contributed by atoms with E-state index in [-0.39, 0.29) is 5.91 Å². The van der Waals surface area contributed by atoms with Crippen molar-refractivity contribution in [1.82, 2.24) is 20.1 Å². The standard InChI is InChI=1S/C21H26Cl2N4O2S/c1-2-11-27-19(8-5-12-29-18-10-9-15(22)13-17(18)23)25-26-21(27)30-14-20(28)24-16-6-3-4-7-16/h2,9-10,13,16H,1,3-8,11-12,14H2,(H,24,28). The van der Waals surface area contributed by atoms with Gasteiger partial charge in [-0.15, -0.1) is 16.8 Å². The van der Waals surface area contributed by atoms with Gasteiger partial charge in [-0.1, -0.05) is 53.9 Å². The average Bonchev–Trinajstić information content (AvgIpc) is 3.35. The number of allylic oxidation sites excluding steroid dienone is 1. The first kappa shape index (κ1) is 23.0. The predicted molar refractivity (Wildman–Crippen MR) is 122 cm³/mol. The zero-order valence-electron chi connectivity index (χ0n) is 16.8. The van der Waals surface area contributed by atoms with Crippen LogP contribution in [-0.4, -0.2) is 39.1 Å². The van der Waals surface area contributed by atoms with Crippen LogP contribution in [0.15, 0.2) is 36.0 Å². The Hall–Kier alpha value is -1.70. The average molecular weight is 469 g/mol. The number of ether oxygens (including phenoxy) is 1. The van der Waals surface area contributed by atoms with Crippen molar-refractivity contribution in [2.24, 2.45) is 0 Å². The van der Waals surface area contributed by atoms with Crippen molar-refractivity contribution < 1.29 is 9.53 Å². The summed E-state index contributed by atoms with van der Waals surface area (Å²) >= 11 is 13.4. The lowest BCUT2D eigenvalue weighted by Gasteiger charge is -2.12. The van der Waals surface area contributed by atoms with Crippen LogP contribution in [0.4, 0.5) is 0 Å². The first-order valence-corrected chi connectivity index (χ1v) is 11.8. The lowest BCUT2D eigenvalue weighted by molar-refractivity contribution is -0.119. The molecule has 1 aliphatic rings. The van der Waals surface area contributed by atoms with Crippen LogP contribution < -0.4 is 10.1 Å². The number of hydrogen-bond acceptors (Lipinski definition) is 5. The summed E-state index contributed by atoms with van der Waals surface area (Å²) in [6, 6.07) is 5.49. The largest absolute Gasteiger partial charge is 0.492 e. The van der Waals surface area contributed by atoms with Crippen LogP contribution in [0.1, 0.15) is 37.9 Å². The molecule has 1 N–H and O–H groups in total. The molecule has 1 saturated carbocycles. The molecule has 30 heavy (non-hydrogen) atoms. The zero-order valence-corrected chi connectivity index (χ0v) is 19.1. The SMILES string of the molecule is C=CCn1c(CCCOc2ccc(Cl)cc2Cl)nnc1SCC(=O)NC1CCCC1. The van der Waals surface area contributed by atoms with Crippen molar-refractivity contribution in [3.05, 3.63) is 46.7 Å². The second-order valence-corrected chi connectivity index (χ2v) is 8.95. The minimum absolute atomic E-state index is 0.0508. The first-order valence-electron chi connectivity index (χ1n) is 10.1. The minimum atomic E-state index is 0.0508. The second kappa shape index (κ2) is 11.6. The van der Waals surface area contributed by atoms with E-state index < -0.39 is 0 Å². The number of aryl methyl sites for hydroxylation is 1. The van der Waals surface area contributed by atoms with Gasteiger partial charge in [0.15, 0.2) is 5.16 Å². The van der Waals surface area contributed by atoms with Crippen molar-refractivity contribution in [2.45, 2.75) is 56.3 Å². The highest BCUT2D eigenvalue weighted by molar-refractivity contribution is 7.99. The van der Waals surface area contributed by atoms with Crippen molar-refractivity contribution in [1.29, 1.82) is 0 Å². The van der Waals surface area contributed by atoms with Gasteiger partial charge >= 0.3 is 0 Å². The van der Waals surface area contributed by atoms with E-state index in [1.807, 2.05) is 4.57 Å². The summed E-state index contributed by atoms with van der Waals surface area (Å²) in [6.45, 7) is 4.91. The Morgan fingerprint density at radius 1 is 1.33 bits per heavy atom. The molecule has 0 radical (unpaired) electrons. The quantitative estimate of drug-likeness (QED) is 0.287. The summed E-state index contributed by atoms with van der Waals surface area (Å²) in [5, 5.41) is 13.5.